The quantitative estimate of drug-likeness (QED) is 0.681. The highest BCUT2D eigenvalue weighted by molar-refractivity contribution is 7.99. The maximum atomic E-state index is 9.39. The summed E-state index contributed by atoms with van der Waals surface area (Å²) in [6.45, 7) is 3.47. The molecule has 4 rings (SSSR count). The number of hydrogen-bond acceptors (Lipinski definition) is 6. The van der Waals surface area contributed by atoms with Gasteiger partial charge in [0, 0.05) is 36.3 Å². The fourth-order valence-electron chi connectivity index (χ4n) is 2.99. The molecule has 27 heavy (non-hydrogen) atoms. The van der Waals surface area contributed by atoms with E-state index in [0.717, 1.165) is 42.0 Å². The normalized spacial score (nSPS) is 14.3. The minimum absolute atomic E-state index is 0.267. The zero-order chi connectivity index (χ0) is 18.5. The van der Waals surface area contributed by atoms with Crippen LogP contribution in [0.25, 0.3) is 0 Å². The smallest absolute Gasteiger partial charge is 0.133 e. The second kappa shape index (κ2) is 8.41. The minimum atomic E-state index is 0.267. The maximum absolute atomic E-state index is 9.39. The van der Waals surface area contributed by atoms with Crippen LogP contribution in [0.2, 0.25) is 0 Å². The van der Waals surface area contributed by atoms with Crippen molar-refractivity contribution in [2.24, 2.45) is 0 Å². The SMILES string of the molecule is Oc1ccc(Sc2ccnc(Cc3ccc(N4CCOCC4)cc3)n2)cc1. The first kappa shape index (κ1) is 17.8. The van der Waals surface area contributed by atoms with Gasteiger partial charge in [0.25, 0.3) is 0 Å². The highest BCUT2D eigenvalue weighted by atomic mass is 32.2. The molecule has 1 fully saturated rings. The third-order valence-corrected chi connectivity index (χ3v) is 5.36. The van der Waals surface area contributed by atoms with Crippen molar-refractivity contribution in [3.63, 3.8) is 0 Å². The Balaban J connectivity index is 1.42. The van der Waals surface area contributed by atoms with Gasteiger partial charge < -0.3 is 14.7 Å². The van der Waals surface area contributed by atoms with Crippen molar-refractivity contribution in [1.82, 2.24) is 9.97 Å². The fourth-order valence-corrected chi connectivity index (χ4v) is 3.78. The van der Waals surface area contributed by atoms with Gasteiger partial charge in [-0.15, -0.1) is 0 Å². The molecule has 1 saturated heterocycles. The van der Waals surface area contributed by atoms with E-state index in [1.165, 1.54) is 11.3 Å². The van der Waals surface area contributed by atoms with E-state index in [-0.39, 0.29) is 5.75 Å². The maximum Gasteiger partial charge on any atom is 0.133 e. The van der Waals surface area contributed by atoms with Crippen molar-refractivity contribution < 1.29 is 9.84 Å². The van der Waals surface area contributed by atoms with Gasteiger partial charge in [-0.2, -0.15) is 0 Å². The first-order valence-corrected chi connectivity index (χ1v) is 9.78. The lowest BCUT2D eigenvalue weighted by Gasteiger charge is -2.28. The highest BCUT2D eigenvalue weighted by Gasteiger charge is 2.11. The van der Waals surface area contributed by atoms with Crippen LogP contribution in [0.15, 0.2) is 70.7 Å². The van der Waals surface area contributed by atoms with Crippen LogP contribution in [0.3, 0.4) is 0 Å². The molecule has 1 aromatic heterocycles. The van der Waals surface area contributed by atoms with Gasteiger partial charge in [0.15, 0.2) is 0 Å². The summed E-state index contributed by atoms with van der Waals surface area (Å²) in [4.78, 5) is 12.5. The predicted molar refractivity (Wildman–Crippen MR) is 107 cm³/mol. The number of aromatic nitrogens is 2. The number of morpholine rings is 1. The molecule has 6 heteroatoms. The molecule has 0 saturated carbocycles. The molecule has 2 aromatic carbocycles. The Labute approximate surface area is 163 Å². The molecule has 0 radical (unpaired) electrons. The van der Waals surface area contributed by atoms with Crippen molar-refractivity contribution in [3.05, 3.63) is 72.2 Å². The molecular formula is C21H21N3O2S. The van der Waals surface area contributed by atoms with E-state index in [2.05, 4.69) is 39.1 Å². The fraction of sp³-hybridized carbons (Fsp3) is 0.238. The van der Waals surface area contributed by atoms with Gasteiger partial charge in [0.2, 0.25) is 0 Å². The third-order valence-electron chi connectivity index (χ3n) is 4.41. The van der Waals surface area contributed by atoms with Gasteiger partial charge in [-0.25, -0.2) is 9.97 Å². The number of ether oxygens (including phenoxy) is 1. The lowest BCUT2D eigenvalue weighted by Crippen LogP contribution is -2.36. The van der Waals surface area contributed by atoms with E-state index in [1.807, 2.05) is 18.2 Å². The molecule has 0 aliphatic carbocycles. The van der Waals surface area contributed by atoms with Gasteiger partial charge in [-0.3, -0.25) is 0 Å². The largest absolute Gasteiger partial charge is 0.508 e. The molecule has 5 nitrogen and oxygen atoms in total. The van der Waals surface area contributed by atoms with Gasteiger partial charge in [-0.05, 0) is 48.0 Å². The Morgan fingerprint density at radius 1 is 0.963 bits per heavy atom. The molecule has 2 heterocycles. The lowest BCUT2D eigenvalue weighted by molar-refractivity contribution is 0.122. The molecular weight excluding hydrogens is 358 g/mol. The van der Waals surface area contributed by atoms with Crippen LogP contribution in [0, 0.1) is 0 Å². The minimum Gasteiger partial charge on any atom is -0.508 e. The number of benzene rings is 2. The molecule has 1 aliphatic heterocycles. The van der Waals surface area contributed by atoms with Gasteiger partial charge in [-0.1, -0.05) is 23.9 Å². The summed E-state index contributed by atoms with van der Waals surface area (Å²) < 4.78 is 5.41. The molecule has 1 aliphatic rings. The number of phenols is 1. The average Bonchev–Trinajstić information content (AvgIpc) is 2.71. The first-order valence-electron chi connectivity index (χ1n) is 8.97. The summed E-state index contributed by atoms with van der Waals surface area (Å²) in [6.07, 6.45) is 2.50. The van der Waals surface area contributed by atoms with Crippen molar-refractivity contribution in [1.29, 1.82) is 0 Å². The second-order valence-corrected chi connectivity index (χ2v) is 7.44. The second-order valence-electron chi connectivity index (χ2n) is 6.35. The van der Waals surface area contributed by atoms with Gasteiger partial charge in [0.1, 0.15) is 16.6 Å². The molecule has 3 aromatic rings. The van der Waals surface area contributed by atoms with E-state index < -0.39 is 0 Å². The summed E-state index contributed by atoms with van der Waals surface area (Å²) >= 11 is 1.56. The zero-order valence-corrected chi connectivity index (χ0v) is 15.7. The van der Waals surface area contributed by atoms with Crippen LogP contribution < -0.4 is 4.90 Å². The topological polar surface area (TPSA) is 58.5 Å². The standard InChI is InChI=1S/C21H21N3O2S/c25-18-5-7-19(8-6-18)27-21-9-10-22-20(23-21)15-16-1-3-17(4-2-16)24-11-13-26-14-12-24/h1-10,25H,11-15H2. The lowest BCUT2D eigenvalue weighted by atomic mass is 10.1. The van der Waals surface area contributed by atoms with E-state index >= 15 is 0 Å². The van der Waals surface area contributed by atoms with Crippen LogP contribution in [0.1, 0.15) is 11.4 Å². The highest BCUT2D eigenvalue weighted by Crippen LogP contribution is 2.27. The predicted octanol–water partition coefficient (Wildman–Crippen LogP) is 3.76. The van der Waals surface area contributed by atoms with Crippen LogP contribution in [0.4, 0.5) is 5.69 Å². The monoisotopic (exact) mass is 379 g/mol. The molecule has 0 atom stereocenters. The van der Waals surface area contributed by atoms with Crippen LogP contribution in [-0.2, 0) is 11.2 Å². The van der Waals surface area contributed by atoms with Crippen LogP contribution >= 0.6 is 11.8 Å². The van der Waals surface area contributed by atoms with E-state index in [4.69, 9.17) is 4.74 Å². The Hall–Kier alpha value is -2.57. The summed E-state index contributed by atoms with van der Waals surface area (Å²) in [7, 11) is 0. The Morgan fingerprint density at radius 3 is 2.44 bits per heavy atom. The summed E-state index contributed by atoms with van der Waals surface area (Å²) in [5.41, 5.74) is 2.43. The molecule has 0 spiro atoms. The van der Waals surface area contributed by atoms with Gasteiger partial charge >= 0.3 is 0 Å². The molecule has 0 amide bonds. The first-order chi connectivity index (χ1) is 13.3. The number of nitrogens with zero attached hydrogens (tertiary/aromatic N) is 3. The van der Waals surface area contributed by atoms with Crippen molar-refractivity contribution in [3.8, 4) is 5.75 Å². The summed E-state index contributed by atoms with van der Waals surface area (Å²) in [5, 5.41) is 10.3. The average molecular weight is 379 g/mol. The van der Waals surface area contributed by atoms with Crippen molar-refractivity contribution in [2.75, 3.05) is 31.2 Å². The van der Waals surface area contributed by atoms with Crippen LogP contribution in [-0.4, -0.2) is 41.4 Å². The van der Waals surface area contributed by atoms with Crippen molar-refractivity contribution >= 4 is 17.4 Å². The van der Waals surface area contributed by atoms with Crippen LogP contribution in [0.5, 0.6) is 5.75 Å². The zero-order valence-electron chi connectivity index (χ0n) is 14.9. The Morgan fingerprint density at radius 2 is 1.70 bits per heavy atom. The number of phenolic OH excluding ortho intramolecular Hbond substituents is 1. The Bertz CT molecular complexity index is 879. The molecule has 1 N–H and O–H groups in total. The number of hydrogen-bond donors (Lipinski definition) is 1. The molecule has 0 bridgehead atoms. The van der Waals surface area contributed by atoms with E-state index in [0.29, 0.717) is 6.42 Å². The van der Waals surface area contributed by atoms with E-state index in [1.54, 1.807) is 30.1 Å². The number of rotatable bonds is 5. The van der Waals surface area contributed by atoms with Crippen molar-refractivity contribution in [2.45, 2.75) is 16.3 Å². The third kappa shape index (κ3) is 4.78. The number of anilines is 1. The summed E-state index contributed by atoms with van der Waals surface area (Å²) in [6, 6.07) is 17.6. The molecule has 0 unspecified atom stereocenters. The summed E-state index contributed by atoms with van der Waals surface area (Å²) in [5.74, 6) is 1.07. The number of aromatic hydroxyl groups is 1. The van der Waals surface area contributed by atoms with E-state index in [9.17, 15) is 5.11 Å². The molecule has 138 valence electrons. The Kier molecular flexibility index (Phi) is 5.55. The van der Waals surface area contributed by atoms with Gasteiger partial charge in [0.05, 0.1) is 13.2 Å².